The summed E-state index contributed by atoms with van der Waals surface area (Å²) in [4.78, 5) is 27.1. The molecule has 1 saturated heterocycles. The lowest BCUT2D eigenvalue weighted by atomic mass is 9.95. The Morgan fingerprint density at radius 3 is 2.41 bits per heavy atom. The lowest BCUT2D eigenvalue weighted by Crippen LogP contribution is -2.41. The van der Waals surface area contributed by atoms with Crippen LogP contribution in [-0.2, 0) is 16.1 Å². The maximum absolute atomic E-state index is 13.0. The first-order valence-electron chi connectivity index (χ1n) is 12.2. The van der Waals surface area contributed by atoms with Gasteiger partial charge in [-0.15, -0.1) is 0 Å². The van der Waals surface area contributed by atoms with Gasteiger partial charge in [-0.1, -0.05) is 11.6 Å². The molecule has 0 spiro atoms. The van der Waals surface area contributed by atoms with Crippen molar-refractivity contribution in [3.05, 3.63) is 58.7 Å². The van der Waals surface area contributed by atoms with Gasteiger partial charge in [0.25, 0.3) is 0 Å². The molecular formula is C27H32ClN5O4. The van der Waals surface area contributed by atoms with Gasteiger partial charge in [0.1, 0.15) is 17.2 Å². The number of piperidine rings is 1. The van der Waals surface area contributed by atoms with E-state index < -0.39 is 0 Å². The molecule has 0 unspecified atom stereocenters. The Morgan fingerprint density at radius 2 is 1.78 bits per heavy atom. The van der Waals surface area contributed by atoms with Crippen LogP contribution >= 0.6 is 11.6 Å². The molecule has 2 heterocycles. The van der Waals surface area contributed by atoms with Crippen LogP contribution in [-0.4, -0.2) is 48.9 Å². The van der Waals surface area contributed by atoms with Crippen LogP contribution in [0, 0.1) is 12.8 Å². The third-order valence-corrected chi connectivity index (χ3v) is 6.77. The number of aryl methyl sites for hydroxylation is 1. The Hall–Kier alpha value is -3.72. The minimum absolute atomic E-state index is 0.00833. The highest BCUT2D eigenvalue weighted by molar-refractivity contribution is 6.30. The van der Waals surface area contributed by atoms with E-state index >= 15 is 0 Å². The molecule has 9 nitrogen and oxygen atoms in total. The molecule has 0 aliphatic carbocycles. The summed E-state index contributed by atoms with van der Waals surface area (Å²) in [6, 6.07) is 12.9. The maximum Gasteiger partial charge on any atom is 0.223 e. The second-order valence-corrected chi connectivity index (χ2v) is 9.45. The third kappa shape index (κ3) is 5.99. The Labute approximate surface area is 221 Å². The van der Waals surface area contributed by atoms with Crippen molar-refractivity contribution in [2.75, 3.05) is 37.5 Å². The van der Waals surface area contributed by atoms with Crippen LogP contribution in [0.25, 0.3) is 5.69 Å². The Morgan fingerprint density at radius 1 is 1.08 bits per heavy atom. The molecule has 2 aromatic carbocycles. The topological polar surface area (TPSA) is 97.7 Å². The van der Waals surface area contributed by atoms with Crippen molar-refractivity contribution >= 4 is 34.9 Å². The summed E-state index contributed by atoms with van der Waals surface area (Å²) in [6.45, 7) is 5.00. The van der Waals surface area contributed by atoms with Gasteiger partial charge in [-0.25, -0.2) is 4.68 Å². The molecule has 2 amide bonds. The summed E-state index contributed by atoms with van der Waals surface area (Å²) in [7, 11) is 3.21. The number of carbonyl (C=O) groups excluding carboxylic acids is 2. The van der Waals surface area contributed by atoms with Gasteiger partial charge in [-0.3, -0.25) is 9.59 Å². The number of amides is 2. The molecule has 0 radical (unpaired) electrons. The van der Waals surface area contributed by atoms with Crippen LogP contribution in [0.3, 0.4) is 0 Å². The van der Waals surface area contributed by atoms with E-state index in [4.69, 9.17) is 26.2 Å². The zero-order valence-corrected chi connectivity index (χ0v) is 22.3. The zero-order chi connectivity index (χ0) is 26.5. The number of halogens is 1. The number of rotatable bonds is 8. The predicted molar refractivity (Wildman–Crippen MR) is 144 cm³/mol. The first kappa shape index (κ1) is 26.3. The van der Waals surface area contributed by atoms with Crippen molar-refractivity contribution in [3.63, 3.8) is 0 Å². The molecular weight excluding hydrogens is 494 g/mol. The first-order chi connectivity index (χ1) is 17.8. The fraction of sp³-hybridized carbons (Fsp3) is 0.370. The van der Waals surface area contributed by atoms with E-state index in [0.29, 0.717) is 60.4 Å². The summed E-state index contributed by atoms with van der Waals surface area (Å²) >= 11 is 6.09. The van der Waals surface area contributed by atoms with Crippen molar-refractivity contribution < 1.29 is 19.1 Å². The molecule has 3 aromatic rings. The molecule has 1 aliphatic heterocycles. The third-order valence-electron chi connectivity index (χ3n) is 6.51. The standard InChI is InChI=1S/C27H32ClN5O4/c1-17-25(30-18(2)34)27(33(31-17)22-7-5-21(28)6-8-22)32-13-11-19(12-14-32)26(35)29-16-20-15-23(36-3)9-10-24(20)37-4/h5-10,15,19H,11-14,16H2,1-4H3,(H,29,35)(H,30,34). The van der Waals surface area contributed by atoms with E-state index in [2.05, 4.69) is 15.5 Å². The Bertz CT molecular complexity index is 1270. The van der Waals surface area contributed by atoms with Gasteiger partial charge in [0.2, 0.25) is 11.8 Å². The van der Waals surface area contributed by atoms with Crippen LogP contribution in [0.5, 0.6) is 11.5 Å². The number of carbonyl (C=O) groups is 2. The summed E-state index contributed by atoms with van der Waals surface area (Å²) in [5.41, 5.74) is 3.09. The summed E-state index contributed by atoms with van der Waals surface area (Å²) in [6.07, 6.45) is 1.34. The van der Waals surface area contributed by atoms with E-state index in [1.165, 1.54) is 6.92 Å². The van der Waals surface area contributed by atoms with E-state index in [0.717, 1.165) is 17.1 Å². The maximum atomic E-state index is 13.0. The SMILES string of the molecule is COc1ccc(OC)c(CNC(=O)C2CCN(c3c(NC(C)=O)c(C)nn3-c3ccc(Cl)cc3)CC2)c1. The van der Waals surface area contributed by atoms with Crippen LogP contribution in [0.1, 0.15) is 31.0 Å². The quantitative estimate of drug-likeness (QED) is 0.454. The van der Waals surface area contributed by atoms with Gasteiger partial charge in [-0.2, -0.15) is 5.10 Å². The Kier molecular flexibility index (Phi) is 8.23. The highest BCUT2D eigenvalue weighted by atomic mass is 35.5. The number of hydrogen-bond donors (Lipinski definition) is 2. The molecule has 0 bridgehead atoms. The van der Waals surface area contributed by atoms with E-state index in [1.807, 2.05) is 54.1 Å². The van der Waals surface area contributed by atoms with Gasteiger partial charge < -0.3 is 25.0 Å². The minimum atomic E-state index is -0.165. The summed E-state index contributed by atoms with van der Waals surface area (Å²) < 4.78 is 12.5. The fourth-order valence-electron chi connectivity index (χ4n) is 4.59. The minimum Gasteiger partial charge on any atom is -0.497 e. The van der Waals surface area contributed by atoms with E-state index in [9.17, 15) is 9.59 Å². The van der Waals surface area contributed by atoms with E-state index in [1.54, 1.807) is 14.2 Å². The van der Waals surface area contributed by atoms with Gasteiger partial charge >= 0.3 is 0 Å². The molecule has 0 atom stereocenters. The predicted octanol–water partition coefficient (Wildman–Crippen LogP) is 4.34. The van der Waals surface area contributed by atoms with Crippen molar-refractivity contribution in [2.24, 2.45) is 5.92 Å². The van der Waals surface area contributed by atoms with E-state index in [-0.39, 0.29) is 17.7 Å². The number of nitrogens with zero attached hydrogens (tertiary/aromatic N) is 3. The molecule has 0 saturated carbocycles. The second-order valence-electron chi connectivity index (χ2n) is 9.01. The Balaban J connectivity index is 1.48. The molecule has 1 aromatic heterocycles. The van der Waals surface area contributed by atoms with Crippen molar-refractivity contribution in [1.82, 2.24) is 15.1 Å². The van der Waals surface area contributed by atoms with Crippen molar-refractivity contribution in [2.45, 2.75) is 33.2 Å². The molecule has 4 rings (SSSR count). The molecule has 2 N–H and O–H groups in total. The smallest absolute Gasteiger partial charge is 0.223 e. The van der Waals surface area contributed by atoms with Crippen LogP contribution in [0.15, 0.2) is 42.5 Å². The lowest BCUT2D eigenvalue weighted by Gasteiger charge is -2.33. The van der Waals surface area contributed by atoms with Gasteiger partial charge in [-0.05, 0) is 62.2 Å². The molecule has 37 heavy (non-hydrogen) atoms. The largest absolute Gasteiger partial charge is 0.497 e. The van der Waals surface area contributed by atoms with Crippen molar-refractivity contribution in [1.29, 1.82) is 0 Å². The highest BCUT2D eigenvalue weighted by Gasteiger charge is 2.30. The lowest BCUT2D eigenvalue weighted by molar-refractivity contribution is -0.125. The highest BCUT2D eigenvalue weighted by Crippen LogP contribution is 2.35. The van der Waals surface area contributed by atoms with Gasteiger partial charge in [0.15, 0.2) is 5.82 Å². The molecule has 10 heteroatoms. The fourth-order valence-corrected chi connectivity index (χ4v) is 4.72. The molecule has 196 valence electrons. The van der Waals surface area contributed by atoms with Crippen LogP contribution in [0.4, 0.5) is 11.5 Å². The number of aromatic nitrogens is 2. The number of benzene rings is 2. The van der Waals surface area contributed by atoms with Crippen LogP contribution in [0.2, 0.25) is 5.02 Å². The average Bonchev–Trinajstić information content (AvgIpc) is 3.22. The zero-order valence-electron chi connectivity index (χ0n) is 21.5. The average molecular weight is 526 g/mol. The number of hydrogen-bond acceptors (Lipinski definition) is 6. The number of methoxy groups -OCH3 is 2. The monoisotopic (exact) mass is 525 g/mol. The second kappa shape index (κ2) is 11.6. The van der Waals surface area contributed by atoms with Crippen LogP contribution < -0.4 is 25.0 Å². The number of ether oxygens (including phenoxy) is 2. The molecule has 1 aliphatic rings. The number of anilines is 2. The van der Waals surface area contributed by atoms with Crippen molar-refractivity contribution in [3.8, 4) is 17.2 Å². The summed E-state index contributed by atoms with van der Waals surface area (Å²) in [5, 5.41) is 11.3. The molecule has 1 fully saturated rings. The van der Waals surface area contributed by atoms with Gasteiger partial charge in [0.05, 0.1) is 25.6 Å². The van der Waals surface area contributed by atoms with Gasteiger partial charge in [0, 0.05) is 43.1 Å². The summed E-state index contributed by atoms with van der Waals surface area (Å²) in [5.74, 6) is 1.93. The first-order valence-corrected chi connectivity index (χ1v) is 12.5. The normalized spacial score (nSPS) is 13.8. The number of nitrogens with one attached hydrogen (secondary N) is 2.